The van der Waals surface area contributed by atoms with E-state index in [1.807, 2.05) is 12.1 Å². The Balaban J connectivity index is 1.29. The summed E-state index contributed by atoms with van der Waals surface area (Å²) in [6.07, 6.45) is 18.7. The molecule has 0 saturated heterocycles. The van der Waals surface area contributed by atoms with E-state index in [1.54, 1.807) is 11.6 Å². The first-order valence-corrected chi connectivity index (χ1v) is 15.9. The molecule has 9 unspecified atom stereocenters. The van der Waals surface area contributed by atoms with Crippen LogP contribution in [0.1, 0.15) is 117 Å². The molecule has 1 aromatic carbocycles. The zero-order chi connectivity index (χ0) is 27.9. The highest BCUT2D eigenvalue weighted by atomic mass is 17.1. The largest absolute Gasteiger partial charge is 0.399 e. The number of rotatable bonds is 8. The van der Waals surface area contributed by atoms with Crippen LogP contribution in [0.5, 0.6) is 0 Å². The number of hydrogen-bond donors (Lipinski definition) is 3. The summed E-state index contributed by atoms with van der Waals surface area (Å²) in [6.45, 7) is 12.2. The van der Waals surface area contributed by atoms with Crippen molar-refractivity contribution in [3.63, 3.8) is 0 Å². The molecule has 3 saturated carbocycles. The molecule has 39 heavy (non-hydrogen) atoms. The smallest absolute Gasteiger partial charge is 0.121 e. The van der Waals surface area contributed by atoms with Crippen LogP contribution in [0, 0.1) is 46.3 Å². The van der Waals surface area contributed by atoms with Gasteiger partial charge >= 0.3 is 0 Å². The summed E-state index contributed by atoms with van der Waals surface area (Å²) in [5.74, 6) is 4.45. The van der Waals surface area contributed by atoms with Gasteiger partial charge in [-0.25, -0.2) is 4.89 Å². The van der Waals surface area contributed by atoms with E-state index >= 15 is 0 Å². The van der Waals surface area contributed by atoms with E-state index in [1.165, 1.54) is 63.4 Å². The lowest BCUT2D eigenvalue weighted by Gasteiger charge is -2.59. The van der Waals surface area contributed by atoms with Crippen molar-refractivity contribution in [1.29, 1.82) is 0 Å². The second kappa shape index (κ2) is 11.2. The summed E-state index contributed by atoms with van der Waals surface area (Å²) in [5, 5.41) is 9.95. The van der Waals surface area contributed by atoms with E-state index in [2.05, 4.69) is 46.8 Å². The van der Waals surface area contributed by atoms with Gasteiger partial charge in [-0.15, -0.1) is 0 Å². The normalized spacial score (nSPS) is 37.2. The molecule has 0 aromatic heterocycles. The van der Waals surface area contributed by atoms with E-state index < -0.39 is 0 Å². The summed E-state index contributed by atoms with van der Waals surface area (Å²) in [4.78, 5) is 5.11. The molecular formula is C35H54N2O2. The minimum Gasteiger partial charge on any atom is -0.399 e. The fourth-order valence-electron chi connectivity index (χ4n) is 10.2. The molecule has 5 N–H and O–H groups in total. The van der Waals surface area contributed by atoms with Gasteiger partial charge in [-0.05, 0) is 148 Å². The first-order chi connectivity index (χ1) is 18.6. The zero-order valence-electron chi connectivity index (χ0n) is 25.2. The summed E-state index contributed by atoms with van der Waals surface area (Å²) in [5.41, 5.74) is 18.1. The van der Waals surface area contributed by atoms with Crippen molar-refractivity contribution in [1.82, 2.24) is 0 Å². The lowest BCUT2D eigenvalue weighted by Crippen LogP contribution is -2.50. The van der Waals surface area contributed by atoms with Crippen LogP contribution in [0.3, 0.4) is 0 Å². The van der Waals surface area contributed by atoms with Crippen molar-refractivity contribution in [2.45, 2.75) is 111 Å². The van der Waals surface area contributed by atoms with E-state index in [9.17, 15) is 5.26 Å². The fourth-order valence-corrected chi connectivity index (χ4v) is 10.2. The third-order valence-electron chi connectivity index (χ3n) is 12.2. The minimum atomic E-state index is -0.387. The summed E-state index contributed by atoms with van der Waals surface area (Å²) in [7, 11) is 0. The Bertz CT molecular complexity index is 1070. The van der Waals surface area contributed by atoms with Crippen LogP contribution in [-0.2, 0) is 4.89 Å². The van der Waals surface area contributed by atoms with Crippen molar-refractivity contribution in [2.24, 2.45) is 46.3 Å². The van der Waals surface area contributed by atoms with E-state index in [0.717, 1.165) is 48.0 Å². The maximum Gasteiger partial charge on any atom is 0.121 e. The van der Waals surface area contributed by atoms with Gasteiger partial charge < -0.3 is 11.5 Å². The van der Waals surface area contributed by atoms with Crippen molar-refractivity contribution < 1.29 is 10.1 Å². The van der Waals surface area contributed by atoms with E-state index in [4.69, 9.17) is 16.4 Å². The predicted molar refractivity (Wildman–Crippen MR) is 163 cm³/mol. The number of allylic oxidation sites excluding steroid dienone is 4. The average molecular weight is 535 g/mol. The topological polar surface area (TPSA) is 81.5 Å². The molecule has 4 nitrogen and oxygen atoms in total. The maximum atomic E-state index is 9.95. The van der Waals surface area contributed by atoms with Crippen LogP contribution in [0.2, 0.25) is 0 Å². The van der Waals surface area contributed by atoms with E-state index in [-0.39, 0.29) is 17.4 Å². The summed E-state index contributed by atoms with van der Waals surface area (Å²) < 4.78 is 0. The number of unbranched alkanes of at least 4 members (excludes halogenated alkanes) is 1. The van der Waals surface area contributed by atoms with Crippen LogP contribution < -0.4 is 11.5 Å². The standard InChI is InChI=1S/C35H54N2O2/c1-22(2)8-6-7-9-23(3)30-12-13-31-29-11-10-26-18-24(33(39-38)25-19-27(36)21-28(37)20-25)14-16-34(26,4)32(29)15-17-35(30,31)5/h8,10,19-21,23-24,29-33,38H,6-7,9,11-18,36-37H2,1-5H3. The quantitative estimate of drug-likeness (QED) is 0.102. The molecule has 0 amide bonds. The average Bonchev–Trinajstić information content (AvgIpc) is 3.23. The monoisotopic (exact) mass is 534 g/mol. The van der Waals surface area contributed by atoms with Crippen molar-refractivity contribution in [3.05, 3.63) is 47.1 Å². The Morgan fingerprint density at radius 1 is 1.05 bits per heavy atom. The van der Waals surface area contributed by atoms with Gasteiger partial charge in [0.1, 0.15) is 6.10 Å². The van der Waals surface area contributed by atoms with Gasteiger partial charge in [0.15, 0.2) is 0 Å². The molecule has 0 spiro atoms. The van der Waals surface area contributed by atoms with Gasteiger partial charge in [-0.1, -0.05) is 50.5 Å². The summed E-state index contributed by atoms with van der Waals surface area (Å²) >= 11 is 0. The molecule has 4 heteroatoms. The molecule has 0 aliphatic heterocycles. The molecule has 0 radical (unpaired) electrons. The number of anilines is 2. The molecule has 216 valence electrons. The molecule has 4 aliphatic rings. The Morgan fingerprint density at radius 3 is 2.49 bits per heavy atom. The molecular weight excluding hydrogens is 480 g/mol. The third kappa shape index (κ3) is 5.33. The highest BCUT2D eigenvalue weighted by molar-refractivity contribution is 5.55. The van der Waals surface area contributed by atoms with Gasteiger partial charge in [-0.3, -0.25) is 5.26 Å². The second-order valence-electron chi connectivity index (χ2n) is 14.6. The lowest BCUT2D eigenvalue weighted by molar-refractivity contribution is -0.296. The molecule has 0 heterocycles. The summed E-state index contributed by atoms with van der Waals surface area (Å²) in [6, 6.07) is 5.56. The van der Waals surface area contributed by atoms with E-state index in [0.29, 0.717) is 16.8 Å². The van der Waals surface area contributed by atoms with Gasteiger partial charge in [0.05, 0.1) is 0 Å². The van der Waals surface area contributed by atoms with Gasteiger partial charge in [0, 0.05) is 11.4 Å². The Kier molecular flexibility index (Phi) is 8.28. The van der Waals surface area contributed by atoms with Crippen molar-refractivity contribution >= 4 is 11.4 Å². The number of benzene rings is 1. The first kappa shape index (κ1) is 28.7. The minimum absolute atomic E-state index is 0.240. The van der Waals surface area contributed by atoms with Crippen LogP contribution >= 0.6 is 0 Å². The van der Waals surface area contributed by atoms with Gasteiger partial charge in [0.2, 0.25) is 0 Å². The van der Waals surface area contributed by atoms with Crippen LogP contribution in [0.4, 0.5) is 11.4 Å². The number of fused-ring (bicyclic) bond motifs is 5. The molecule has 9 atom stereocenters. The van der Waals surface area contributed by atoms with Gasteiger partial charge in [0.25, 0.3) is 0 Å². The second-order valence-corrected chi connectivity index (χ2v) is 14.6. The first-order valence-electron chi connectivity index (χ1n) is 15.9. The molecule has 0 bridgehead atoms. The molecule has 3 fully saturated rings. The number of hydrogen-bond acceptors (Lipinski definition) is 4. The number of nitrogen functional groups attached to an aromatic ring is 2. The maximum absolute atomic E-state index is 9.95. The van der Waals surface area contributed by atoms with Crippen LogP contribution in [0.25, 0.3) is 0 Å². The highest BCUT2D eigenvalue weighted by Gasteiger charge is 2.59. The van der Waals surface area contributed by atoms with Crippen LogP contribution in [0.15, 0.2) is 41.5 Å². The third-order valence-corrected chi connectivity index (χ3v) is 12.2. The van der Waals surface area contributed by atoms with Gasteiger partial charge in [-0.2, -0.15) is 0 Å². The Hall–Kier alpha value is -1.78. The molecule has 1 aromatic rings. The lowest BCUT2D eigenvalue weighted by atomic mass is 9.46. The molecule has 4 aliphatic carbocycles. The predicted octanol–water partition coefficient (Wildman–Crippen LogP) is 9.35. The van der Waals surface area contributed by atoms with Crippen molar-refractivity contribution in [3.8, 4) is 0 Å². The van der Waals surface area contributed by atoms with Crippen molar-refractivity contribution in [2.75, 3.05) is 11.5 Å². The number of nitrogens with two attached hydrogens (primary N) is 2. The fraction of sp³-hybridized carbons (Fsp3) is 0.714. The molecule has 5 rings (SSSR count). The zero-order valence-corrected chi connectivity index (χ0v) is 25.2. The Labute approximate surface area is 237 Å². The SMILES string of the molecule is CC(C)=CCCCC(C)C1CCC2C3CC=C4CC(C(OO)c5cc(N)cc(N)c5)CCC4(C)C3CCC12C. The highest BCUT2D eigenvalue weighted by Crippen LogP contribution is 2.68. The Morgan fingerprint density at radius 2 is 1.79 bits per heavy atom. The van der Waals surface area contributed by atoms with Crippen LogP contribution in [-0.4, -0.2) is 5.26 Å².